The van der Waals surface area contributed by atoms with Crippen LogP contribution in [0.3, 0.4) is 0 Å². The summed E-state index contributed by atoms with van der Waals surface area (Å²) in [6.45, 7) is 16.3. The highest BCUT2D eigenvalue weighted by Gasteiger charge is 2.50. The molecule has 3 nitrogen and oxygen atoms in total. The molecule has 1 unspecified atom stereocenters. The molecule has 2 rings (SSSR count). The lowest BCUT2D eigenvalue weighted by atomic mass is 9.69. The van der Waals surface area contributed by atoms with Gasteiger partial charge in [-0.25, -0.2) is 0 Å². The van der Waals surface area contributed by atoms with E-state index in [1.165, 1.54) is 50.7 Å². The number of nitrogens with two attached hydrogens (primary N) is 1. The Hall–Kier alpha value is 0.230. The van der Waals surface area contributed by atoms with E-state index in [2.05, 4.69) is 49.3 Å². The molecule has 2 fully saturated rings. The molecule has 0 radical (unpaired) electrons. The highest BCUT2D eigenvalue weighted by atomic mass is 32.2. The van der Waals surface area contributed by atoms with E-state index < -0.39 is 0 Å². The molecule has 1 atom stereocenters. The summed E-state index contributed by atoms with van der Waals surface area (Å²) in [5.41, 5.74) is 6.84. The maximum atomic E-state index is 6.29. The van der Waals surface area contributed by atoms with E-state index in [9.17, 15) is 0 Å². The zero-order valence-corrected chi connectivity index (χ0v) is 14.6. The molecule has 0 bridgehead atoms. The Morgan fingerprint density at radius 1 is 1.15 bits per heavy atom. The van der Waals surface area contributed by atoms with Crippen molar-refractivity contribution in [1.29, 1.82) is 0 Å². The molecule has 20 heavy (non-hydrogen) atoms. The fourth-order valence-electron chi connectivity index (χ4n) is 3.85. The smallest absolute Gasteiger partial charge is 0.0474 e. The zero-order valence-electron chi connectivity index (χ0n) is 13.8. The summed E-state index contributed by atoms with van der Waals surface area (Å²) in [5, 5.41) is 0. The second-order valence-electron chi connectivity index (χ2n) is 7.60. The zero-order chi connectivity index (χ0) is 14.8. The van der Waals surface area contributed by atoms with Crippen LogP contribution in [0.2, 0.25) is 0 Å². The number of hydrogen-bond donors (Lipinski definition) is 1. The number of piperazine rings is 1. The second-order valence-corrected chi connectivity index (χ2v) is 8.71. The van der Waals surface area contributed by atoms with Crippen molar-refractivity contribution in [3.63, 3.8) is 0 Å². The van der Waals surface area contributed by atoms with Crippen LogP contribution in [0, 0.1) is 11.3 Å². The van der Waals surface area contributed by atoms with Crippen LogP contribution in [-0.2, 0) is 0 Å². The monoisotopic (exact) mass is 299 g/mol. The van der Waals surface area contributed by atoms with Gasteiger partial charge in [-0.1, -0.05) is 27.7 Å². The Morgan fingerprint density at radius 2 is 1.80 bits per heavy atom. The van der Waals surface area contributed by atoms with Gasteiger partial charge in [0.2, 0.25) is 0 Å². The molecule has 0 spiro atoms. The predicted octanol–water partition coefficient (Wildman–Crippen LogP) is 2.12. The summed E-state index contributed by atoms with van der Waals surface area (Å²) in [6.07, 6.45) is 1.29. The SMILES string of the molecule is CC(C)CN1CCN(C2(CN)CSCCC2(C)C)CC1. The van der Waals surface area contributed by atoms with Crippen LogP contribution in [0.4, 0.5) is 0 Å². The first-order valence-electron chi connectivity index (χ1n) is 8.16. The fraction of sp³-hybridized carbons (Fsp3) is 1.00. The highest BCUT2D eigenvalue weighted by Crippen LogP contribution is 2.45. The van der Waals surface area contributed by atoms with E-state index in [-0.39, 0.29) is 5.54 Å². The molecule has 2 aliphatic heterocycles. The van der Waals surface area contributed by atoms with Crippen molar-refractivity contribution in [2.75, 3.05) is 50.8 Å². The van der Waals surface area contributed by atoms with E-state index in [0.29, 0.717) is 5.41 Å². The average molecular weight is 300 g/mol. The van der Waals surface area contributed by atoms with Gasteiger partial charge in [0.1, 0.15) is 0 Å². The van der Waals surface area contributed by atoms with Gasteiger partial charge in [-0.2, -0.15) is 11.8 Å². The normalized spacial score (nSPS) is 32.7. The van der Waals surface area contributed by atoms with Crippen molar-refractivity contribution in [3.05, 3.63) is 0 Å². The van der Waals surface area contributed by atoms with Gasteiger partial charge in [0, 0.05) is 50.6 Å². The van der Waals surface area contributed by atoms with Gasteiger partial charge >= 0.3 is 0 Å². The van der Waals surface area contributed by atoms with E-state index in [1.807, 2.05) is 0 Å². The van der Waals surface area contributed by atoms with Crippen LogP contribution in [0.25, 0.3) is 0 Å². The summed E-state index contributed by atoms with van der Waals surface area (Å²) in [7, 11) is 0. The summed E-state index contributed by atoms with van der Waals surface area (Å²) in [6, 6.07) is 0. The van der Waals surface area contributed by atoms with Gasteiger partial charge in [-0.15, -0.1) is 0 Å². The average Bonchev–Trinajstić information content (AvgIpc) is 2.39. The van der Waals surface area contributed by atoms with Crippen molar-refractivity contribution < 1.29 is 0 Å². The summed E-state index contributed by atoms with van der Waals surface area (Å²) < 4.78 is 0. The van der Waals surface area contributed by atoms with Crippen LogP contribution in [0.5, 0.6) is 0 Å². The Balaban J connectivity index is 2.03. The third-order valence-electron chi connectivity index (χ3n) is 5.41. The van der Waals surface area contributed by atoms with Gasteiger partial charge in [0.25, 0.3) is 0 Å². The quantitative estimate of drug-likeness (QED) is 0.862. The number of thioether (sulfide) groups is 1. The molecule has 2 saturated heterocycles. The van der Waals surface area contributed by atoms with E-state index in [0.717, 1.165) is 12.5 Å². The van der Waals surface area contributed by atoms with Crippen LogP contribution < -0.4 is 5.73 Å². The predicted molar refractivity (Wildman–Crippen MR) is 90.4 cm³/mol. The fourth-order valence-corrected chi connectivity index (χ4v) is 5.68. The summed E-state index contributed by atoms with van der Waals surface area (Å²) >= 11 is 2.10. The highest BCUT2D eigenvalue weighted by molar-refractivity contribution is 7.99. The molecular weight excluding hydrogens is 266 g/mol. The van der Waals surface area contributed by atoms with E-state index >= 15 is 0 Å². The lowest BCUT2D eigenvalue weighted by Crippen LogP contribution is -2.69. The van der Waals surface area contributed by atoms with Crippen molar-refractivity contribution in [1.82, 2.24) is 9.80 Å². The van der Waals surface area contributed by atoms with Crippen LogP contribution >= 0.6 is 11.8 Å². The summed E-state index contributed by atoms with van der Waals surface area (Å²) in [4.78, 5) is 5.34. The molecule has 0 aliphatic carbocycles. The molecule has 0 aromatic heterocycles. The molecule has 4 heteroatoms. The Kier molecular flexibility index (Phi) is 5.44. The number of rotatable bonds is 4. The minimum Gasteiger partial charge on any atom is -0.329 e. The van der Waals surface area contributed by atoms with Crippen molar-refractivity contribution in [2.45, 2.75) is 39.7 Å². The number of hydrogen-bond acceptors (Lipinski definition) is 4. The third kappa shape index (κ3) is 3.18. The van der Waals surface area contributed by atoms with Gasteiger partial charge in [0.05, 0.1) is 0 Å². The summed E-state index contributed by atoms with van der Waals surface area (Å²) in [5.74, 6) is 3.27. The first-order chi connectivity index (χ1) is 9.41. The first-order valence-corrected chi connectivity index (χ1v) is 9.32. The lowest BCUT2D eigenvalue weighted by Gasteiger charge is -2.57. The van der Waals surface area contributed by atoms with Crippen molar-refractivity contribution >= 4 is 11.8 Å². The molecule has 0 saturated carbocycles. The second kappa shape index (κ2) is 6.55. The number of nitrogens with zero attached hydrogens (tertiary/aromatic N) is 2. The molecule has 2 heterocycles. The van der Waals surface area contributed by atoms with Crippen molar-refractivity contribution in [2.24, 2.45) is 17.1 Å². The topological polar surface area (TPSA) is 32.5 Å². The van der Waals surface area contributed by atoms with E-state index in [4.69, 9.17) is 5.73 Å². The van der Waals surface area contributed by atoms with Crippen LogP contribution in [-0.4, -0.2) is 66.1 Å². The van der Waals surface area contributed by atoms with Crippen molar-refractivity contribution in [3.8, 4) is 0 Å². The minimum absolute atomic E-state index is 0.208. The Morgan fingerprint density at radius 3 is 2.30 bits per heavy atom. The van der Waals surface area contributed by atoms with Crippen LogP contribution in [0.15, 0.2) is 0 Å². The Bertz CT molecular complexity index is 311. The molecular formula is C16H33N3S. The van der Waals surface area contributed by atoms with Gasteiger partial charge in [-0.3, -0.25) is 4.90 Å². The molecule has 0 aromatic carbocycles. The first kappa shape index (κ1) is 16.6. The molecule has 2 N–H and O–H groups in total. The molecule has 118 valence electrons. The van der Waals surface area contributed by atoms with Gasteiger partial charge in [0.15, 0.2) is 0 Å². The molecule has 0 aromatic rings. The largest absolute Gasteiger partial charge is 0.329 e. The van der Waals surface area contributed by atoms with Gasteiger partial charge in [-0.05, 0) is 23.5 Å². The third-order valence-corrected chi connectivity index (χ3v) is 6.59. The van der Waals surface area contributed by atoms with Gasteiger partial charge < -0.3 is 10.6 Å². The lowest BCUT2D eigenvalue weighted by molar-refractivity contribution is -0.0292. The standard InChI is InChI=1S/C16H33N3S/c1-14(2)11-18-6-8-19(9-7-18)16(12-17)13-20-10-5-15(16,3)4/h14H,5-13,17H2,1-4H3. The molecule has 2 aliphatic rings. The maximum Gasteiger partial charge on any atom is 0.0474 e. The maximum absolute atomic E-state index is 6.29. The van der Waals surface area contributed by atoms with E-state index in [1.54, 1.807) is 0 Å². The minimum atomic E-state index is 0.208. The Labute approximate surface area is 129 Å². The molecule has 0 amide bonds. The van der Waals surface area contributed by atoms with Crippen LogP contribution in [0.1, 0.15) is 34.1 Å².